The molecule has 1 aliphatic heterocycles. The number of aryl methyl sites for hydroxylation is 1. The quantitative estimate of drug-likeness (QED) is 0.576. The SMILES string of the molecule is Cn1ccnc1SCCNC(=O)Cn1nccc1C1CCCNC1. The Morgan fingerprint density at radius 1 is 1.50 bits per heavy atom. The summed E-state index contributed by atoms with van der Waals surface area (Å²) in [5.74, 6) is 1.26. The molecule has 1 saturated heterocycles. The van der Waals surface area contributed by atoms with Crippen molar-refractivity contribution in [3.63, 3.8) is 0 Å². The van der Waals surface area contributed by atoms with Crippen molar-refractivity contribution in [2.75, 3.05) is 25.4 Å². The van der Waals surface area contributed by atoms with Crippen molar-refractivity contribution < 1.29 is 4.79 Å². The summed E-state index contributed by atoms with van der Waals surface area (Å²) in [7, 11) is 1.97. The van der Waals surface area contributed by atoms with Gasteiger partial charge in [-0.15, -0.1) is 0 Å². The maximum atomic E-state index is 12.2. The predicted octanol–water partition coefficient (Wildman–Crippen LogP) is 0.992. The van der Waals surface area contributed by atoms with Crippen LogP contribution < -0.4 is 10.6 Å². The summed E-state index contributed by atoms with van der Waals surface area (Å²) in [6.07, 6.45) is 7.81. The van der Waals surface area contributed by atoms with E-state index >= 15 is 0 Å². The topological polar surface area (TPSA) is 76.8 Å². The van der Waals surface area contributed by atoms with Gasteiger partial charge in [0.15, 0.2) is 5.16 Å². The lowest BCUT2D eigenvalue weighted by atomic mass is 9.96. The Morgan fingerprint density at radius 2 is 2.42 bits per heavy atom. The van der Waals surface area contributed by atoms with Crippen LogP contribution in [0.2, 0.25) is 0 Å². The van der Waals surface area contributed by atoms with E-state index in [2.05, 4.69) is 20.7 Å². The number of nitrogens with zero attached hydrogens (tertiary/aromatic N) is 4. The zero-order chi connectivity index (χ0) is 16.8. The number of carbonyl (C=O) groups is 1. The van der Waals surface area contributed by atoms with Crippen LogP contribution in [0.5, 0.6) is 0 Å². The van der Waals surface area contributed by atoms with E-state index in [0.717, 1.165) is 36.1 Å². The molecule has 0 spiro atoms. The van der Waals surface area contributed by atoms with Crippen molar-refractivity contribution in [2.24, 2.45) is 7.05 Å². The van der Waals surface area contributed by atoms with Crippen LogP contribution >= 0.6 is 11.8 Å². The highest BCUT2D eigenvalue weighted by Crippen LogP contribution is 2.22. The number of hydrogen-bond donors (Lipinski definition) is 2. The van der Waals surface area contributed by atoms with Crippen molar-refractivity contribution in [1.29, 1.82) is 0 Å². The van der Waals surface area contributed by atoms with Gasteiger partial charge < -0.3 is 15.2 Å². The number of aromatic nitrogens is 4. The molecule has 2 N–H and O–H groups in total. The third kappa shape index (κ3) is 4.39. The van der Waals surface area contributed by atoms with E-state index in [1.807, 2.05) is 28.6 Å². The van der Waals surface area contributed by atoms with Crippen molar-refractivity contribution in [2.45, 2.75) is 30.5 Å². The van der Waals surface area contributed by atoms with Crippen molar-refractivity contribution in [3.8, 4) is 0 Å². The number of thioether (sulfide) groups is 1. The number of piperidine rings is 1. The second kappa shape index (κ2) is 8.34. The maximum absolute atomic E-state index is 12.2. The number of imidazole rings is 1. The minimum Gasteiger partial charge on any atom is -0.354 e. The van der Waals surface area contributed by atoms with E-state index in [-0.39, 0.29) is 12.5 Å². The van der Waals surface area contributed by atoms with Crippen molar-refractivity contribution in [3.05, 3.63) is 30.4 Å². The molecular formula is C16H24N6OS. The molecule has 3 rings (SSSR count). The summed E-state index contributed by atoms with van der Waals surface area (Å²) in [5, 5.41) is 11.7. The number of carbonyl (C=O) groups excluding carboxylic acids is 1. The molecule has 0 radical (unpaired) electrons. The molecule has 24 heavy (non-hydrogen) atoms. The molecule has 0 bridgehead atoms. The van der Waals surface area contributed by atoms with Gasteiger partial charge in [0, 0.05) is 56.1 Å². The van der Waals surface area contributed by atoms with E-state index in [4.69, 9.17) is 0 Å². The maximum Gasteiger partial charge on any atom is 0.241 e. The standard InChI is InChI=1S/C16H24N6OS/c1-21-9-7-19-16(21)24-10-8-18-15(23)12-22-14(4-6-20-22)13-3-2-5-17-11-13/h4,6-7,9,13,17H,2-3,5,8,10-12H2,1H3,(H,18,23). The molecule has 8 heteroatoms. The molecule has 0 saturated carbocycles. The molecule has 130 valence electrons. The monoisotopic (exact) mass is 348 g/mol. The van der Waals surface area contributed by atoms with E-state index in [1.54, 1.807) is 24.2 Å². The average Bonchev–Trinajstić information content (AvgIpc) is 3.21. The summed E-state index contributed by atoms with van der Waals surface area (Å²) in [6.45, 7) is 2.95. The molecular weight excluding hydrogens is 324 g/mol. The largest absolute Gasteiger partial charge is 0.354 e. The van der Waals surface area contributed by atoms with E-state index in [0.29, 0.717) is 12.5 Å². The van der Waals surface area contributed by atoms with Crippen LogP contribution in [0, 0.1) is 0 Å². The van der Waals surface area contributed by atoms with Gasteiger partial charge >= 0.3 is 0 Å². The molecule has 7 nitrogen and oxygen atoms in total. The van der Waals surface area contributed by atoms with Crippen molar-refractivity contribution >= 4 is 17.7 Å². The summed E-state index contributed by atoms with van der Waals surface area (Å²) in [4.78, 5) is 16.4. The van der Waals surface area contributed by atoms with E-state index in [1.165, 1.54) is 6.42 Å². The van der Waals surface area contributed by atoms with Gasteiger partial charge in [0.25, 0.3) is 0 Å². The molecule has 0 aliphatic carbocycles. The molecule has 1 amide bonds. The molecule has 2 aromatic heterocycles. The van der Waals surface area contributed by atoms with Crippen LogP contribution in [0.4, 0.5) is 0 Å². The summed E-state index contributed by atoms with van der Waals surface area (Å²) in [6, 6.07) is 2.03. The highest BCUT2D eigenvalue weighted by Gasteiger charge is 2.19. The molecule has 1 fully saturated rings. The van der Waals surface area contributed by atoms with Gasteiger partial charge in [-0.05, 0) is 25.5 Å². The molecule has 1 aliphatic rings. The first-order valence-electron chi connectivity index (χ1n) is 8.33. The normalized spacial score (nSPS) is 17.8. The molecule has 1 unspecified atom stereocenters. The molecule has 1 atom stereocenters. The van der Waals surface area contributed by atoms with Gasteiger partial charge in [0.05, 0.1) is 0 Å². The Bertz CT molecular complexity index is 661. The van der Waals surface area contributed by atoms with Gasteiger partial charge in [-0.3, -0.25) is 9.48 Å². The fourth-order valence-corrected chi connectivity index (χ4v) is 3.73. The molecule has 3 heterocycles. The lowest BCUT2D eigenvalue weighted by molar-refractivity contribution is -0.121. The van der Waals surface area contributed by atoms with Crippen LogP contribution in [-0.4, -0.2) is 50.6 Å². The Kier molecular flexibility index (Phi) is 5.92. The third-order valence-corrected chi connectivity index (χ3v) is 5.25. The van der Waals surface area contributed by atoms with Crippen molar-refractivity contribution in [1.82, 2.24) is 30.0 Å². The zero-order valence-corrected chi connectivity index (χ0v) is 14.8. The fourth-order valence-electron chi connectivity index (χ4n) is 2.94. The minimum atomic E-state index is 0.00385. The highest BCUT2D eigenvalue weighted by atomic mass is 32.2. The van der Waals surface area contributed by atoms with E-state index in [9.17, 15) is 4.79 Å². The second-order valence-corrected chi connectivity index (χ2v) is 7.04. The number of nitrogens with one attached hydrogen (secondary N) is 2. The first kappa shape index (κ1) is 17.0. The Morgan fingerprint density at radius 3 is 3.17 bits per heavy atom. The van der Waals surface area contributed by atoms with Crippen LogP contribution in [0.25, 0.3) is 0 Å². The van der Waals surface area contributed by atoms with Gasteiger partial charge in [0.1, 0.15) is 6.54 Å². The zero-order valence-electron chi connectivity index (χ0n) is 13.9. The summed E-state index contributed by atoms with van der Waals surface area (Å²) in [5.41, 5.74) is 1.15. The Balaban J connectivity index is 1.43. The highest BCUT2D eigenvalue weighted by molar-refractivity contribution is 7.99. The van der Waals surface area contributed by atoms with Crippen LogP contribution in [0.3, 0.4) is 0 Å². The third-order valence-electron chi connectivity index (χ3n) is 4.19. The van der Waals surface area contributed by atoms with Gasteiger partial charge in [-0.2, -0.15) is 5.10 Å². The first-order chi connectivity index (χ1) is 11.7. The first-order valence-corrected chi connectivity index (χ1v) is 9.32. The molecule has 0 aromatic carbocycles. The average molecular weight is 348 g/mol. The fraction of sp³-hybridized carbons (Fsp3) is 0.562. The van der Waals surface area contributed by atoms with Gasteiger partial charge in [-0.25, -0.2) is 4.98 Å². The summed E-state index contributed by atoms with van der Waals surface area (Å²) >= 11 is 1.64. The van der Waals surface area contributed by atoms with Gasteiger partial charge in [-0.1, -0.05) is 11.8 Å². The van der Waals surface area contributed by atoms with Crippen LogP contribution in [0.1, 0.15) is 24.5 Å². The predicted molar refractivity (Wildman–Crippen MR) is 94.0 cm³/mol. The molecule has 2 aromatic rings. The Labute approximate surface area is 146 Å². The Hall–Kier alpha value is -1.80. The second-order valence-electron chi connectivity index (χ2n) is 5.98. The number of amides is 1. The van der Waals surface area contributed by atoms with Gasteiger partial charge in [0.2, 0.25) is 5.91 Å². The minimum absolute atomic E-state index is 0.00385. The smallest absolute Gasteiger partial charge is 0.241 e. The van der Waals surface area contributed by atoms with Crippen LogP contribution in [-0.2, 0) is 18.4 Å². The summed E-state index contributed by atoms with van der Waals surface area (Å²) < 4.78 is 3.81. The lowest BCUT2D eigenvalue weighted by Gasteiger charge is -2.23. The lowest BCUT2D eigenvalue weighted by Crippen LogP contribution is -2.33. The number of rotatable bonds is 7. The van der Waals surface area contributed by atoms with E-state index < -0.39 is 0 Å². The number of hydrogen-bond acceptors (Lipinski definition) is 5. The van der Waals surface area contributed by atoms with Crippen LogP contribution in [0.15, 0.2) is 29.8 Å².